The van der Waals surface area contributed by atoms with E-state index in [2.05, 4.69) is 9.97 Å². The summed E-state index contributed by atoms with van der Waals surface area (Å²) < 4.78 is 40.2. The second-order valence-corrected chi connectivity index (χ2v) is 7.84. The van der Waals surface area contributed by atoms with Crippen LogP contribution < -0.4 is 4.74 Å². The second-order valence-electron chi connectivity index (χ2n) is 7.84. The van der Waals surface area contributed by atoms with E-state index >= 15 is 0 Å². The van der Waals surface area contributed by atoms with E-state index in [1.165, 1.54) is 32.2 Å². The number of methoxy groups -OCH3 is 1. The van der Waals surface area contributed by atoms with Crippen molar-refractivity contribution in [1.82, 2.24) is 9.97 Å². The summed E-state index contributed by atoms with van der Waals surface area (Å²) in [5.41, 5.74) is 2.48. The maximum absolute atomic E-state index is 12.9. The smallest absolute Gasteiger partial charge is 0.387 e. The normalized spacial score (nSPS) is 18.8. The topological polar surface area (TPSA) is 70.5 Å². The molecule has 1 atom stereocenters. The average molecular weight is 454 g/mol. The van der Waals surface area contributed by atoms with Crippen LogP contribution in [0.4, 0.5) is 8.78 Å². The minimum Gasteiger partial charge on any atom is -0.465 e. The minimum atomic E-state index is -2.93. The van der Waals surface area contributed by atoms with Gasteiger partial charge in [-0.3, -0.25) is 9.97 Å². The van der Waals surface area contributed by atoms with Gasteiger partial charge >= 0.3 is 12.6 Å². The van der Waals surface area contributed by atoms with Crippen molar-refractivity contribution in [3.05, 3.63) is 89.5 Å². The number of nitrogens with zero attached hydrogens (tertiary/aromatic N) is 2. The molecule has 3 fully saturated rings. The lowest BCUT2D eigenvalue weighted by Gasteiger charge is -2.49. The Morgan fingerprint density at radius 1 is 1.09 bits per heavy atom. The van der Waals surface area contributed by atoms with Gasteiger partial charge in [-0.15, -0.1) is 0 Å². The molecule has 2 aromatic heterocycles. The third kappa shape index (κ3) is 5.70. The molecule has 0 N–H and O–H groups in total. The van der Waals surface area contributed by atoms with Gasteiger partial charge in [0.1, 0.15) is 5.75 Å². The Morgan fingerprint density at radius 3 is 2.30 bits per heavy atom. The molecule has 2 bridgehead atoms. The zero-order valence-corrected chi connectivity index (χ0v) is 18.1. The molecule has 1 aromatic carbocycles. The van der Waals surface area contributed by atoms with Gasteiger partial charge in [0.15, 0.2) is 0 Å². The molecular formula is C25H24F2N2O4. The van der Waals surface area contributed by atoms with Gasteiger partial charge in [0.2, 0.25) is 0 Å². The summed E-state index contributed by atoms with van der Waals surface area (Å²) in [6.07, 6.45) is 9.39. The highest BCUT2D eigenvalue weighted by Crippen LogP contribution is 2.39. The summed E-state index contributed by atoms with van der Waals surface area (Å²) in [6.45, 7) is -2.93. The van der Waals surface area contributed by atoms with Gasteiger partial charge in [-0.2, -0.15) is 8.78 Å². The first-order valence-electron chi connectivity index (χ1n) is 10.7. The summed E-state index contributed by atoms with van der Waals surface area (Å²) >= 11 is 0. The van der Waals surface area contributed by atoms with E-state index in [9.17, 15) is 13.6 Å². The summed E-state index contributed by atoms with van der Waals surface area (Å²) in [6, 6.07) is 13.6. The zero-order valence-electron chi connectivity index (χ0n) is 18.1. The predicted octanol–water partition coefficient (Wildman–Crippen LogP) is 4.79. The van der Waals surface area contributed by atoms with Crippen molar-refractivity contribution in [2.45, 2.75) is 44.0 Å². The van der Waals surface area contributed by atoms with E-state index in [4.69, 9.17) is 14.2 Å². The largest absolute Gasteiger partial charge is 0.465 e. The number of rotatable bonds is 7. The molecule has 0 spiro atoms. The summed E-state index contributed by atoms with van der Waals surface area (Å²) in [5.74, 6) is -0.759. The van der Waals surface area contributed by atoms with Crippen LogP contribution in [0.2, 0.25) is 0 Å². The van der Waals surface area contributed by atoms with Crippen molar-refractivity contribution >= 4 is 5.97 Å². The highest BCUT2D eigenvalue weighted by molar-refractivity contribution is 5.88. The molecular weight excluding hydrogens is 430 g/mol. The van der Waals surface area contributed by atoms with Gasteiger partial charge in [-0.1, -0.05) is 18.2 Å². The van der Waals surface area contributed by atoms with Gasteiger partial charge in [0, 0.05) is 35.8 Å². The van der Waals surface area contributed by atoms with Crippen LogP contribution in [0, 0.1) is 0 Å². The van der Waals surface area contributed by atoms with Crippen LogP contribution in [-0.4, -0.2) is 41.9 Å². The van der Waals surface area contributed by atoms with Crippen LogP contribution >= 0.6 is 0 Å². The number of esters is 1. The second kappa shape index (κ2) is 10.5. The molecule has 1 unspecified atom stereocenters. The number of hydrogen-bond donors (Lipinski definition) is 0. The molecule has 1 aliphatic carbocycles. The lowest BCUT2D eigenvalue weighted by atomic mass is 9.84. The molecule has 0 amide bonds. The molecule has 0 radical (unpaired) electrons. The Kier molecular flexibility index (Phi) is 7.24. The number of ether oxygens (including phenoxy) is 3. The minimum absolute atomic E-state index is 0.0930. The predicted molar refractivity (Wildman–Crippen MR) is 116 cm³/mol. The maximum atomic E-state index is 12.9. The Hall–Kier alpha value is -3.39. The zero-order chi connectivity index (χ0) is 23.2. The number of aromatic nitrogens is 2. The monoisotopic (exact) mass is 454 g/mol. The molecule has 6 nitrogen and oxygen atoms in total. The molecule has 172 valence electrons. The number of pyridine rings is 2. The average Bonchev–Trinajstić information content (AvgIpc) is 2.76. The fourth-order valence-electron chi connectivity index (χ4n) is 3.72. The first kappa shape index (κ1) is 22.8. The first-order valence-corrected chi connectivity index (χ1v) is 10.7. The number of halogens is 2. The first-order chi connectivity index (χ1) is 16.0. The van der Waals surface area contributed by atoms with Crippen LogP contribution in [-0.2, 0) is 15.9 Å². The molecule has 4 heterocycles. The SMILES string of the molecule is C1C2CC1O2.COC(=O)c1ccc(C(Cc2ccncc2)c2ccccc2OC(F)F)nc1. The van der Waals surface area contributed by atoms with E-state index in [1.807, 2.05) is 12.1 Å². The Labute approximate surface area is 190 Å². The van der Waals surface area contributed by atoms with Crippen molar-refractivity contribution < 1.29 is 27.8 Å². The van der Waals surface area contributed by atoms with Crippen LogP contribution in [0.15, 0.2) is 67.1 Å². The highest BCUT2D eigenvalue weighted by Gasteiger charge is 2.43. The number of hydrogen-bond acceptors (Lipinski definition) is 6. The van der Waals surface area contributed by atoms with Crippen molar-refractivity contribution in [2.24, 2.45) is 0 Å². The Balaban J connectivity index is 0.000000447. The lowest BCUT2D eigenvalue weighted by Crippen LogP contribution is -2.52. The number of para-hydroxylation sites is 1. The molecule has 3 aromatic rings. The van der Waals surface area contributed by atoms with E-state index < -0.39 is 12.6 Å². The van der Waals surface area contributed by atoms with Gasteiger partial charge in [0.25, 0.3) is 0 Å². The fraction of sp³-hybridized carbons (Fsp3) is 0.320. The standard InChI is InChI=1S/C21H18F2N2O3.C4H6O/c1-27-20(26)15-6-7-18(25-13-15)17(12-14-8-10-24-11-9-14)16-4-2-3-5-19(16)28-21(22)23;1-3-2-4(1)5-3/h2-11,13,17,21H,12H2,1H3;3-4H,1-2H2. The quantitative estimate of drug-likeness (QED) is 0.478. The summed E-state index contributed by atoms with van der Waals surface area (Å²) in [5, 5.41) is 0. The molecule has 2 aliphatic heterocycles. The molecule has 1 saturated carbocycles. The van der Waals surface area contributed by atoms with Gasteiger partial charge in [-0.25, -0.2) is 4.79 Å². The number of alkyl halides is 2. The van der Waals surface area contributed by atoms with Gasteiger partial charge < -0.3 is 14.2 Å². The highest BCUT2D eigenvalue weighted by atomic mass is 19.3. The fourth-order valence-corrected chi connectivity index (χ4v) is 3.72. The van der Waals surface area contributed by atoms with Crippen molar-refractivity contribution in [3.63, 3.8) is 0 Å². The van der Waals surface area contributed by atoms with Crippen LogP contribution in [0.25, 0.3) is 0 Å². The van der Waals surface area contributed by atoms with Crippen LogP contribution in [0.3, 0.4) is 0 Å². The van der Waals surface area contributed by atoms with Crippen molar-refractivity contribution in [3.8, 4) is 5.75 Å². The molecule has 6 rings (SSSR count). The third-order valence-corrected chi connectivity index (χ3v) is 5.70. The number of benzene rings is 1. The van der Waals surface area contributed by atoms with E-state index in [1.54, 1.807) is 42.7 Å². The Morgan fingerprint density at radius 2 is 1.76 bits per heavy atom. The van der Waals surface area contributed by atoms with E-state index in [-0.39, 0.29) is 11.7 Å². The van der Waals surface area contributed by atoms with Gasteiger partial charge in [-0.05, 0) is 55.2 Å². The van der Waals surface area contributed by atoms with Crippen LogP contribution in [0.1, 0.15) is 45.9 Å². The number of carbonyl (C=O) groups is 1. The van der Waals surface area contributed by atoms with Crippen molar-refractivity contribution in [1.29, 1.82) is 0 Å². The summed E-state index contributed by atoms with van der Waals surface area (Å²) in [4.78, 5) is 20.0. The Bertz CT molecular complexity index is 1040. The molecule has 3 aliphatic rings. The summed E-state index contributed by atoms with van der Waals surface area (Å²) in [7, 11) is 1.29. The molecule has 33 heavy (non-hydrogen) atoms. The van der Waals surface area contributed by atoms with Gasteiger partial charge in [0.05, 0.1) is 24.9 Å². The maximum Gasteiger partial charge on any atom is 0.387 e. The lowest BCUT2D eigenvalue weighted by molar-refractivity contribution is -0.237. The van der Waals surface area contributed by atoms with E-state index in [0.29, 0.717) is 35.4 Å². The molecule has 2 saturated heterocycles. The van der Waals surface area contributed by atoms with Crippen LogP contribution in [0.5, 0.6) is 5.75 Å². The number of carbonyl (C=O) groups excluding carboxylic acids is 1. The van der Waals surface area contributed by atoms with E-state index in [0.717, 1.165) is 5.56 Å². The molecule has 8 heteroatoms. The van der Waals surface area contributed by atoms with Crippen molar-refractivity contribution in [2.75, 3.05) is 7.11 Å². The third-order valence-electron chi connectivity index (χ3n) is 5.70.